The number of carbonyl (C=O) groups is 1. The van der Waals surface area contributed by atoms with Crippen LogP contribution in [-0.4, -0.2) is 38.6 Å². The number of rotatable bonds is 3. The van der Waals surface area contributed by atoms with Crippen molar-refractivity contribution >= 4 is 6.09 Å². The highest BCUT2D eigenvalue weighted by Gasteiger charge is 2.21. The van der Waals surface area contributed by atoms with E-state index in [-0.39, 0.29) is 6.04 Å². The predicted octanol–water partition coefficient (Wildman–Crippen LogP) is 0.866. The summed E-state index contributed by atoms with van der Waals surface area (Å²) in [5.41, 5.74) is 0.646. The molecule has 0 bridgehead atoms. The maximum Gasteiger partial charge on any atom is 0.407 e. The van der Waals surface area contributed by atoms with Crippen LogP contribution in [0.15, 0.2) is 6.20 Å². The van der Waals surface area contributed by atoms with Crippen LogP contribution in [0, 0.1) is 0 Å². The van der Waals surface area contributed by atoms with E-state index in [1.54, 1.807) is 0 Å². The van der Waals surface area contributed by atoms with E-state index in [1.807, 2.05) is 6.92 Å². The summed E-state index contributed by atoms with van der Waals surface area (Å²) in [6, 6.07) is -0.226. The molecule has 6 nitrogen and oxygen atoms in total. The minimum Gasteiger partial charge on any atom is -0.465 e. The van der Waals surface area contributed by atoms with Crippen LogP contribution < -0.4 is 0 Å². The topological polar surface area (TPSA) is 82.1 Å². The van der Waals surface area contributed by atoms with Gasteiger partial charge in [-0.05, 0) is 6.42 Å². The van der Waals surface area contributed by atoms with E-state index in [0.717, 1.165) is 0 Å². The largest absolute Gasteiger partial charge is 0.465 e. The van der Waals surface area contributed by atoms with Crippen molar-refractivity contribution in [3.05, 3.63) is 11.9 Å². The van der Waals surface area contributed by atoms with Gasteiger partial charge in [-0.1, -0.05) is 6.92 Å². The highest BCUT2D eigenvalue weighted by Crippen LogP contribution is 2.19. The zero-order chi connectivity index (χ0) is 9.84. The van der Waals surface area contributed by atoms with Gasteiger partial charge in [0.1, 0.15) is 5.69 Å². The van der Waals surface area contributed by atoms with Gasteiger partial charge in [0.15, 0.2) is 0 Å². The molecular formula is C7H12N4O2. The number of H-pyrrole nitrogens is 1. The molecule has 72 valence electrons. The minimum atomic E-state index is -0.963. The van der Waals surface area contributed by atoms with E-state index in [2.05, 4.69) is 15.4 Å². The highest BCUT2D eigenvalue weighted by atomic mass is 16.4. The maximum absolute atomic E-state index is 10.7. The Morgan fingerprint density at radius 1 is 1.85 bits per heavy atom. The van der Waals surface area contributed by atoms with Gasteiger partial charge < -0.3 is 10.0 Å². The third kappa shape index (κ3) is 1.95. The third-order valence-corrected chi connectivity index (χ3v) is 1.93. The van der Waals surface area contributed by atoms with Crippen LogP contribution in [0.5, 0.6) is 0 Å². The van der Waals surface area contributed by atoms with Gasteiger partial charge in [-0.2, -0.15) is 15.4 Å². The van der Waals surface area contributed by atoms with Gasteiger partial charge in [0.25, 0.3) is 0 Å². The van der Waals surface area contributed by atoms with Crippen molar-refractivity contribution in [2.45, 2.75) is 19.4 Å². The summed E-state index contributed by atoms with van der Waals surface area (Å²) in [5.74, 6) is 0. The Kier molecular flexibility index (Phi) is 2.84. The van der Waals surface area contributed by atoms with Crippen molar-refractivity contribution in [3.8, 4) is 0 Å². The lowest BCUT2D eigenvalue weighted by Gasteiger charge is -2.21. The van der Waals surface area contributed by atoms with Gasteiger partial charge in [0.2, 0.25) is 0 Å². The SMILES string of the molecule is CCC(c1cn[nH]n1)N(C)C(=O)O. The fraction of sp³-hybridized carbons (Fsp3) is 0.571. The number of carboxylic acid groups (broad SMARTS) is 1. The van der Waals surface area contributed by atoms with E-state index in [0.29, 0.717) is 12.1 Å². The molecule has 13 heavy (non-hydrogen) atoms. The zero-order valence-corrected chi connectivity index (χ0v) is 7.56. The fourth-order valence-electron chi connectivity index (χ4n) is 1.19. The second kappa shape index (κ2) is 3.88. The lowest BCUT2D eigenvalue weighted by molar-refractivity contribution is 0.136. The van der Waals surface area contributed by atoms with Gasteiger partial charge in [0.05, 0.1) is 12.2 Å². The van der Waals surface area contributed by atoms with Gasteiger partial charge in [-0.25, -0.2) is 4.79 Å². The van der Waals surface area contributed by atoms with Gasteiger partial charge in [-0.3, -0.25) is 0 Å². The lowest BCUT2D eigenvalue weighted by atomic mass is 10.1. The molecule has 1 atom stereocenters. The van der Waals surface area contributed by atoms with E-state index in [9.17, 15) is 4.79 Å². The second-order valence-corrected chi connectivity index (χ2v) is 2.71. The molecule has 6 heteroatoms. The van der Waals surface area contributed by atoms with Crippen molar-refractivity contribution in [1.29, 1.82) is 0 Å². The first-order valence-electron chi connectivity index (χ1n) is 3.98. The van der Waals surface area contributed by atoms with Crippen molar-refractivity contribution in [1.82, 2.24) is 20.3 Å². The molecule has 0 aliphatic carbocycles. The smallest absolute Gasteiger partial charge is 0.407 e. The molecule has 0 radical (unpaired) electrons. The van der Waals surface area contributed by atoms with E-state index in [4.69, 9.17) is 5.11 Å². The summed E-state index contributed by atoms with van der Waals surface area (Å²) in [4.78, 5) is 11.9. The Labute approximate surface area is 75.6 Å². The first-order valence-corrected chi connectivity index (χ1v) is 3.98. The Bertz CT molecular complexity index is 272. The van der Waals surface area contributed by atoms with Crippen LogP contribution in [0.3, 0.4) is 0 Å². The first-order chi connectivity index (χ1) is 6.16. The standard InChI is InChI=1S/C7H12N4O2/c1-3-6(11(2)7(12)13)5-4-8-10-9-5/h4,6H,3H2,1-2H3,(H,12,13)(H,8,9,10). The number of nitrogens with zero attached hydrogens (tertiary/aromatic N) is 3. The molecule has 0 aromatic carbocycles. The summed E-state index contributed by atoms with van der Waals surface area (Å²) in [6.07, 6.45) is 1.25. The zero-order valence-electron chi connectivity index (χ0n) is 7.56. The fourth-order valence-corrected chi connectivity index (χ4v) is 1.19. The van der Waals surface area contributed by atoms with E-state index >= 15 is 0 Å². The summed E-state index contributed by atoms with van der Waals surface area (Å²) in [7, 11) is 1.52. The molecule has 1 amide bonds. The Balaban J connectivity index is 2.79. The number of hydrogen-bond acceptors (Lipinski definition) is 3. The highest BCUT2D eigenvalue weighted by molar-refractivity contribution is 5.65. The van der Waals surface area contributed by atoms with Crippen LogP contribution in [0.2, 0.25) is 0 Å². The molecule has 0 saturated heterocycles. The van der Waals surface area contributed by atoms with Gasteiger partial charge in [0, 0.05) is 7.05 Å². The van der Waals surface area contributed by atoms with E-state index < -0.39 is 6.09 Å². The number of hydrogen-bond donors (Lipinski definition) is 2. The van der Waals surface area contributed by atoms with Gasteiger partial charge >= 0.3 is 6.09 Å². The lowest BCUT2D eigenvalue weighted by Crippen LogP contribution is -2.29. The molecule has 0 saturated carbocycles. The quantitative estimate of drug-likeness (QED) is 0.730. The molecule has 1 aromatic rings. The second-order valence-electron chi connectivity index (χ2n) is 2.71. The number of amides is 1. The molecule has 0 fully saturated rings. The number of nitrogens with one attached hydrogen (secondary N) is 1. The summed E-state index contributed by atoms with van der Waals surface area (Å²) in [5, 5.41) is 18.7. The maximum atomic E-state index is 10.7. The summed E-state index contributed by atoms with van der Waals surface area (Å²) >= 11 is 0. The van der Waals surface area contributed by atoms with Crippen LogP contribution in [-0.2, 0) is 0 Å². The third-order valence-electron chi connectivity index (χ3n) is 1.93. The predicted molar refractivity (Wildman–Crippen MR) is 45.2 cm³/mol. The molecule has 0 aliphatic heterocycles. The minimum absolute atomic E-state index is 0.226. The Hall–Kier alpha value is -1.59. The molecule has 1 aromatic heterocycles. The first kappa shape index (κ1) is 9.50. The van der Waals surface area contributed by atoms with Gasteiger partial charge in [-0.15, -0.1) is 0 Å². The average molecular weight is 184 g/mol. The van der Waals surface area contributed by atoms with Crippen molar-refractivity contribution < 1.29 is 9.90 Å². The van der Waals surface area contributed by atoms with Crippen LogP contribution in [0.25, 0.3) is 0 Å². The normalized spacial score (nSPS) is 12.5. The van der Waals surface area contributed by atoms with Crippen LogP contribution >= 0.6 is 0 Å². The number of aromatic amines is 1. The van der Waals surface area contributed by atoms with Crippen molar-refractivity contribution in [2.75, 3.05) is 7.05 Å². The molecular weight excluding hydrogens is 172 g/mol. The van der Waals surface area contributed by atoms with Crippen molar-refractivity contribution in [3.63, 3.8) is 0 Å². The molecule has 0 spiro atoms. The molecule has 1 unspecified atom stereocenters. The molecule has 2 N–H and O–H groups in total. The average Bonchev–Trinajstić information content (AvgIpc) is 2.58. The molecule has 1 rings (SSSR count). The van der Waals surface area contributed by atoms with Crippen LogP contribution in [0.4, 0.5) is 4.79 Å². The molecule has 1 heterocycles. The van der Waals surface area contributed by atoms with Crippen molar-refractivity contribution in [2.24, 2.45) is 0 Å². The summed E-state index contributed by atoms with van der Waals surface area (Å²) in [6.45, 7) is 1.90. The Morgan fingerprint density at radius 2 is 2.54 bits per heavy atom. The number of aromatic nitrogens is 3. The van der Waals surface area contributed by atoms with Crippen LogP contribution in [0.1, 0.15) is 25.1 Å². The summed E-state index contributed by atoms with van der Waals surface area (Å²) < 4.78 is 0. The molecule has 0 aliphatic rings. The van der Waals surface area contributed by atoms with E-state index in [1.165, 1.54) is 18.1 Å². The Morgan fingerprint density at radius 3 is 2.92 bits per heavy atom. The monoisotopic (exact) mass is 184 g/mol.